The molecule has 1 aliphatic rings. The molecule has 37 heavy (non-hydrogen) atoms. The number of fused-ring (bicyclic) bond motifs is 1. The van der Waals surface area contributed by atoms with Gasteiger partial charge in [0.2, 0.25) is 0 Å². The van der Waals surface area contributed by atoms with E-state index in [0.29, 0.717) is 11.3 Å². The van der Waals surface area contributed by atoms with E-state index >= 15 is 0 Å². The molecule has 1 aliphatic heterocycles. The fraction of sp³-hybridized carbons (Fsp3) is 0.357. The summed E-state index contributed by atoms with van der Waals surface area (Å²) in [4.78, 5) is 18.6. The number of likely N-dealkylation sites (N-methyl/N-ethyl adjacent to an activating group) is 1. The van der Waals surface area contributed by atoms with E-state index in [9.17, 15) is 28.2 Å². The Bertz CT molecular complexity index is 1290. The Morgan fingerprint density at radius 2 is 1.84 bits per heavy atom. The molecule has 5 nitrogen and oxygen atoms in total. The van der Waals surface area contributed by atoms with Gasteiger partial charge < -0.3 is 15.1 Å². The number of rotatable bonds is 6. The predicted octanol–water partition coefficient (Wildman–Crippen LogP) is 6.81. The zero-order valence-corrected chi connectivity index (χ0v) is 21.8. The number of thioether (sulfide) groups is 1. The molecule has 196 valence electrons. The van der Waals surface area contributed by atoms with Crippen LogP contribution in [0.1, 0.15) is 42.7 Å². The SMILES string of the molecule is CN1c2ccc(O)cc2C(SC(C)(C)C)C1C(Cc1cccc(-c2ccc(C(F)(F)F)cn2)c1)C(=O)O. The van der Waals surface area contributed by atoms with E-state index in [4.69, 9.17) is 0 Å². The Hall–Kier alpha value is -3.20. The van der Waals surface area contributed by atoms with Gasteiger partial charge in [0.05, 0.1) is 28.5 Å². The molecule has 0 aliphatic carbocycles. The van der Waals surface area contributed by atoms with E-state index in [0.717, 1.165) is 29.1 Å². The predicted molar refractivity (Wildman–Crippen MR) is 140 cm³/mol. The molecule has 3 unspecified atom stereocenters. The van der Waals surface area contributed by atoms with Crippen molar-refractivity contribution in [3.63, 3.8) is 0 Å². The van der Waals surface area contributed by atoms with E-state index in [2.05, 4.69) is 25.8 Å². The number of aromatic nitrogens is 1. The van der Waals surface area contributed by atoms with Crippen molar-refractivity contribution < 1.29 is 28.2 Å². The quantitative estimate of drug-likeness (QED) is 0.365. The van der Waals surface area contributed by atoms with Crippen LogP contribution in [0.5, 0.6) is 5.75 Å². The van der Waals surface area contributed by atoms with E-state index in [1.54, 1.807) is 42.1 Å². The number of benzene rings is 2. The summed E-state index contributed by atoms with van der Waals surface area (Å²) >= 11 is 1.67. The van der Waals surface area contributed by atoms with Crippen molar-refractivity contribution in [3.8, 4) is 17.0 Å². The number of anilines is 1. The van der Waals surface area contributed by atoms with Crippen LogP contribution in [-0.4, -0.2) is 39.0 Å². The number of carbonyl (C=O) groups is 1. The molecular weight excluding hydrogens is 501 g/mol. The second-order valence-electron chi connectivity index (χ2n) is 10.3. The fourth-order valence-corrected chi connectivity index (χ4v) is 6.42. The number of phenolic OH excluding ortho intramolecular Hbond substituents is 1. The average Bonchev–Trinajstić information content (AvgIpc) is 3.06. The van der Waals surface area contributed by atoms with Gasteiger partial charge in [-0.2, -0.15) is 13.2 Å². The van der Waals surface area contributed by atoms with Crippen LogP contribution in [0.2, 0.25) is 0 Å². The summed E-state index contributed by atoms with van der Waals surface area (Å²) in [5, 5.41) is 20.3. The molecule has 0 saturated carbocycles. The fourth-order valence-electron chi connectivity index (χ4n) is 4.83. The van der Waals surface area contributed by atoms with Gasteiger partial charge in [-0.3, -0.25) is 9.78 Å². The van der Waals surface area contributed by atoms with Crippen LogP contribution >= 0.6 is 11.8 Å². The molecular formula is C28H29F3N2O3S. The number of alkyl halides is 3. The topological polar surface area (TPSA) is 73.7 Å². The van der Waals surface area contributed by atoms with Crippen molar-refractivity contribution in [1.82, 2.24) is 4.98 Å². The summed E-state index contributed by atoms with van der Waals surface area (Å²) in [5.74, 6) is -1.59. The monoisotopic (exact) mass is 530 g/mol. The lowest BCUT2D eigenvalue weighted by Gasteiger charge is -2.34. The molecule has 3 atom stereocenters. The van der Waals surface area contributed by atoms with Gasteiger partial charge in [0.15, 0.2) is 0 Å². The number of hydrogen-bond acceptors (Lipinski definition) is 5. The van der Waals surface area contributed by atoms with Crippen molar-refractivity contribution in [1.29, 1.82) is 0 Å². The lowest BCUT2D eigenvalue weighted by atomic mass is 9.88. The first-order valence-corrected chi connectivity index (χ1v) is 12.7. The molecule has 0 amide bonds. The van der Waals surface area contributed by atoms with E-state index in [1.807, 2.05) is 24.1 Å². The Morgan fingerprint density at radius 3 is 2.43 bits per heavy atom. The van der Waals surface area contributed by atoms with Crippen LogP contribution in [0, 0.1) is 5.92 Å². The number of aromatic hydroxyl groups is 1. The normalized spacial score (nSPS) is 18.5. The first kappa shape index (κ1) is 26.9. The molecule has 2 aromatic carbocycles. The largest absolute Gasteiger partial charge is 0.508 e. The summed E-state index contributed by atoms with van der Waals surface area (Å²) in [6, 6.07) is 14.2. The number of carboxylic acid groups (broad SMARTS) is 1. The maximum atomic E-state index is 12.9. The number of halogens is 3. The van der Waals surface area contributed by atoms with E-state index in [-0.39, 0.29) is 28.2 Å². The molecule has 0 saturated heterocycles. The maximum absolute atomic E-state index is 12.9. The van der Waals surface area contributed by atoms with Crippen molar-refractivity contribution in [2.75, 3.05) is 11.9 Å². The number of pyridine rings is 1. The summed E-state index contributed by atoms with van der Waals surface area (Å²) in [7, 11) is 1.88. The molecule has 9 heteroatoms. The second kappa shape index (κ2) is 9.93. The molecule has 4 rings (SSSR count). The molecule has 1 aromatic heterocycles. The van der Waals surface area contributed by atoms with Gasteiger partial charge in [0.1, 0.15) is 5.75 Å². The van der Waals surface area contributed by atoms with Crippen LogP contribution in [0.3, 0.4) is 0 Å². The van der Waals surface area contributed by atoms with Crippen molar-refractivity contribution in [3.05, 3.63) is 77.5 Å². The molecule has 3 aromatic rings. The van der Waals surface area contributed by atoms with Crippen LogP contribution in [0.15, 0.2) is 60.8 Å². The third-order valence-electron chi connectivity index (χ3n) is 6.43. The Labute approximate surface area is 218 Å². The van der Waals surface area contributed by atoms with Gasteiger partial charge in [0.25, 0.3) is 0 Å². The second-order valence-corrected chi connectivity index (χ2v) is 12.2. The summed E-state index contributed by atoms with van der Waals surface area (Å²) < 4.78 is 38.6. The first-order valence-electron chi connectivity index (χ1n) is 11.8. The summed E-state index contributed by atoms with van der Waals surface area (Å²) in [6.07, 6.45) is -3.44. The molecule has 2 heterocycles. The third-order valence-corrected chi connectivity index (χ3v) is 7.93. The van der Waals surface area contributed by atoms with Crippen LogP contribution in [-0.2, 0) is 17.4 Å². The highest BCUT2D eigenvalue weighted by molar-refractivity contribution is 8.00. The Balaban J connectivity index is 1.67. The standard InChI is InChI=1S/C28H29F3N2O3S/c1-27(2,3)37-25-20-14-19(34)9-11-23(20)33(4)24(25)21(26(35)36)13-16-6-5-7-17(12-16)22-10-8-18(15-32-22)28(29,30)31/h5-12,14-15,21,24-25,34H,13H2,1-4H3,(H,35,36). The molecule has 2 N–H and O–H groups in total. The van der Waals surface area contributed by atoms with Crippen molar-refractivity contribution in [2.45, 2.75) is 49.4 Å². The van der Waals surface area contributed by atoms with Gasteiger partial charge in [-0.25, -0.2) is 0 Å². The summed E-state index contributed by atoms with van der Waals surface area (Å²) in [5.41, 5.74) is 2.71. The van der Waals surface area contributed by atoms with Crippen LogP contribution in [0.25, 0.3) is 11.3 Å². The zero-order valence-electron chi connectivity index (χ0n) is 21.0. The number of hydrogen-bond donors (Lipinski definition) is 2. The highest BCUT2D eigenvalue weighted by atomic mass is 32.2. The van der Waals surface area contributed by atoms with E-state index < -0.39 is 23.6 Å². The minimum atomic E-state index is -4.47. The highest BCUT2D eigenvalue weighted by Gasteiger charge is 2.46. The molecule has 0 fully saturated rings. The van der Waals surface area contributed by atoms with E-state index in [1.165, 1.54) is 6.07 Å². The highest BCUT2D eigenvalue weighted by Crippen LogP contribution is 2.53. The van der Waals surface area contributed by atoms with Crippen LogP contribution < -0.4 is 4.90 Å². The molecule has 0 radical (unpaired) electrons. The number of carboxylic acids is 1. The van der Waals surface area contributed by atoms with Gasteiger partial charge >= 0.3 is 12.1 Å². The molecule has 0 spiro atoms. The van der Waals surface area contributed by atoms with Gasteiger partial charge in [-0.05, 0) is 53.9 Å². The van der Waals surface area contributed by atoms with Gasteiger partial charge in [0, 0.05) is 29.2 Å². The maximum Gasteiger partial charge on any atom is 0.417 e. The lowest BCUT2D eigenvalue weighted by Crippen LogP contribution is -2.42. The number of nitrogens with zero attached hydrogens (tertiary/aromatic N) is 2. The smallest absolute Gasteiger partial charge is 0.417 e. The lowest BCUT2D eigenvalue weighted by molar-refractivity contribution is -0.142. The van der Waals surface area contributed by atoms with Crippen molar-refractivity contribution in [2.24, 2.45) is 5.92 Å². The Morgan fingerprint density at radius 1 is 1.11 bits per heavy atom. The van der Waals surface area contributed by atoms with Crippen molar-refractivity contribution >= 4 is 23.4 Å². The number of aliphatic carboxylic acids is 1. The molecule has 0 bridgehead atoms. The average molecular weight is 531 g/mol. The summed E-state index contributed by atoms with van der Waals surface area (Å²) in [6.45, 7) is 6.23. The minimum absolute atomic E-state index is 0.135. The zero-order chi connectivity index (χ0) is 27.1. The Kier molecular flexibility index (Phi) is 7.21. The van der Waals surface area contributed by atoms with Crippen LogP contribution in [0.4, 0.5) is 18.9 Å². The third kappa shape index (κ3) is 5.87. The van der Waals surface area contributed by atoms with Gasteiger partial charge in [-0.15, -0.1) is 11.8 Å². The minimum Gasteiger partial charge on any atom is -0.508 e. The van der Waals surface area contributed by atoms with Gasteiger partial charge in [-0.1, -0.05) is 39.0 Å². The first-order chi connectivity index (χ1) is 17.2. The number of phenols is 1.